The van der Waals surface area contributed by atoms with Crippen LogP contribution in [0.3, 0.4) is 0 Å². The molecular formula is C22H30N4O7. The molecule has 0 aromatic heterocycles. The van der Waals surface area contributed by atoms with Crippen LogP contribution in [-0.4, -0.2) is 65.7 Å². The highest BCUT2D eigenvalue weighted by Crippen LogP contribution is 2.29. The maximum atomic E-state index is 13.0. The van der Waals surface area contributed by atoms with Gasteiger partial charge in [-0.2, -0.15) is 5.26 Å². The smallest absolute Gasteiger partial charge is 0.408 e. The Kier molecular flexibility index (Phi) is 10.6. The summed E-state index contributed by atoms with van der Waals surface area (Å²) >= 11 is 0. The number of hydrogen-bond donors (Lipinski definition) is 3. The van der Waals surface area contributed by atoms with Crippen molar-refractivity contribution < 1.29 is 33.8 Å². The van der Waals surface area contributed by atoms with E-state index in [1.165, 1.54) is 18.2 Å². The van der Waals surface area contributed by atoms with Crippen LogP contribution in [0.2, 0.25) is 0 Å². The van der Waals surface area contributed by atoms with Crippen molar-refractivity contribution in [1.29, 1.82) is 5.26 Å². The number of nitrogens with one attached hydrogen (secondary N) is 2. The van der Waals surface area contributed by atoms with Gasteiger partial charge < -0.3 is 30.1 Å². The molecule has 1 rings (SSSR count). The summed E-state index contributed by atoms with van der Waals surface area (Å²) in [6.07, 6.45) is -0.940. The number of esters is 1. The van der Waals surface area contributed by atoms with E-state index in [0.717, 1.165) is 4.90 Å². The first-order valence-corrected chi connectivity index (χ1v) is 10.3. The van der Waals surface area contributed by atoms with Crippen LogP contribution in [0.1, 0.15) is 45.7 Å². The Morgan fingerprint density at radius 1 is 1.18 bits per heavy atom. The van der Waals surface area contributed by atoms with Gasteiger partial charge in [0.15, 0.2) is 0 Å². The number of rotatable bonds is 10. The SMILES string of the molecule is CCOC(=O)CCNC(=O)C(c1ccccc1O)N(CC#N)C(=O)CNC(=O)OC(C)(C)C. The number of aromatic hydroxyl groups is 1. The molecule has 1 aromatic carbocycles. The number of amides is 3. The molecule has 0 aliphatic heterocycles. The van der Waals surface area contributed by atoms with E-state index >= 15 is 0 Å². The monoisotopic (exact) mass is 462 g/mol. The third kappa shape index (κ3) is 9.47. The Labute approximate surface area is 192 Å². The molecule has 180 valence electrons. The Balaban J connectivity index is 3.08. The zero-order valence-electron chi connectivity index (χ0n) is 19.2. The van der Waals surface area contributed by atoms with E-state index in [1.807, 2.05) is 6.07 Å². The summed E-state index contributed by atoms with van der Waals surface area (Å²) in [7, 11) is 0. The van der Waals surface area contributed by atoms with Crippen molar-refractivity contribution in [1.82, 2.24) is 15.5 Å². The minimum atomic E-state index is -1.39. The highest BCUT2D eigenvalue weighted by Gasteiger charge is 2.33. The van der Waals surface area contributed by atoms with E-state index in [-0.39, 0.29) is 30.9 Å². The maximum absolute atomic E-state index is 13.0. The average Bonchev–Trinajstić information content (AvgIpc) is 2.72. The molecule has 1 atom stereocenters. The summed E-state index contributed by atoms with van der Waals surface area (Å²) in [5.74, 6) is -2.25. The lowest BCUT2D eigenvalue weighted by Gasteiger charge is -2.30. The molecule has 0 radical (unpaired) electrons. The van der Waals surface area contributed by atoms with Crippen molar-refractivity contribution in [2.24, 2.45) is 0 Å². The lowest BCUT2D eigenvalue weighted by molar-refractivity contribution is -0.143. The van der Waals surface area contributed by atoms with E-state index in [0.29, 0.717) is 0 Å². The molecule has 0 spiro atoms. The van der Waals surface area contributed by atoms with Gasteiger partial charge in [0.05, 0.1) is 19.1 Å². The number of hydrogen-bond acceptors (Lipinski definition) is 8. The number of phenolic OH excluding ortho intramolecular Hbond substituents is 1. The molecule has 3 amide bonds. The summed E-state index contributed by atoms with van der Waals surface area (Å²) in [6, 6.07) is 6.29. The molecule has 0 saturated heterocycles. The Bertz CT molecular complexity index is 889. The Morgan fingerprint density at radius 3 is 2.42 bits per heavy atom. The Hall–Kier alpha value is -3.81. The summed E-state index contributed by atoms with van der Waals surface area (Å²) in [5, 5.41) is 24.4. The number of benzene rings is 1. The molecule has 0 aliphatic carbocycles. The van der Waals surface area contributed by atoms with Crippen LogP contribution in [0, 0.1) is 11.3 Å². The second kappa shape index (κ2) is 12.9. The minimum Gasteiger partial charge on any atom is -0.508 e. The molecule has 33 heavy (non-hydrogen) atoms. The van der Waals surface area contributed by atoms with Gasteiger partial charge in [0, 0.05) is 12.1 Å². The minimum absolute atomic E-state index is 0.0759. The van der Waals surface area contributed by atoms with Crippen molar-refractivity contribution in [2.45, 2.75) is 45.8 Å². The van der Waals surface area contributed by atoms with Gasteiger partial charge in [0.1, 0.15) is 30.5 Å². The van der Waals surface area contributed by atoms with E-state index in [9.17, 15) is 29.5 Å². The lowest BCUT2D eigenvalue weighted by atomic mass is 10.0. The second-order valence-corrected chi connectivity index (χ2v) is 7.84. The first kappa shape index (κ1) is 27.2. The predicted octanol–water partition coefficient (Wildman–Crippen LogP) is 1.38. The predicted molar refractivity (Wildman–Crippen MR) is 117 cm³/mol. The maximum Gasteiger partial charge on any atom is 0.408 e. The summed E-state index contributed by atoms with van der Waals surface area (Å²) in [6.45, 7) is 5.70. The fourth-order valence-electron chi connectivity index (χ4n) is 2.75. The molecule has 11 heteroatoms. The number of alkyl carbamates (subject to hydrolysis) is 1. The third-order valence-corrected chi connectivity index (χ3v) is 4.07. The van der Waals surface area contributed by atoms with E-state index in [1.54, 1.807) is 33.8 Å². The molecule has 1 aromatic rings. The molecular weight excluding hydrogens is 432 g/mol. The van der Waals surface area contributed by atoms with Crippen LogP contribution < -0.4 is 10.6 Å². The topological polar surface area (TPSA) is 158 Å². The summed E-state index contributed by atoms with van der Waals surface area (Å²) in [4.78, 5) is 50.2. The first-order chi connectivity index (χ1) is 15.5. The number of carbonyl (C=O) groups excluding carboxylic acids is 4. The number of ether oxygens (including phenoxy) is 2. The number of nitrogens with zero attached hydrogens (tertiary/aromatic N) is 2. The lowest BCUT2D eigenvalue weighted by Crippen LogP contribution is -2.48. The van der Waals surface area contributed by atoms with Gasteiger partial charge in [-0.1, -0.05) is 18.2 Å². The number of para-hydroxylation sites is 1. The fraction of sp³-hybridized carbons (Fsp3) is 0.500. The zero-order valence-corrected chi connectivity index (χ0v) is 19.2. The van der Waals surface area contributed by atoms with Crippen molar-refractivity contribution in [3.05, 3.63) is 29.8 Å². The summed E-state index contributed by atoms with van der Waals surface area (Å²) < 4.78 is 9.90. The van der Waals surface area contributed by atoms with Gasteiger partial charge in [-0.3, -0.25) is 14.4 Å². The van der Waals surface area contributed by atoms with Crippen LogP contribution in [0.25, 0.3) is 0 Å². The summed E-state index contributed by atoms with van der Waals surface area (Å²) in [5.41, 5.74) is -0.705. The Morgan fingerprint density at radius 2 is 1.85 bits per heavy atom. The van der Waals surface area contributed by atoms with Gasteiger partial charge in [0.2, 0.25) is 11.8 Å². The highest BCUT2D eigenvalue weighted by atomic mass is 16.6. The van der Waals surface area contributed by atoms with Crippen LogP contribution in [-0.2, 0) is 23.9 Å². The third-order valence-electron chi connectivity index (χ3n) is 4.07. The molecule has 11 nitrogen and oxygen atoms in total. The normalized spacial score (nSPS) is 11.5. The van der Waals surface area contributed by atoms with Crippen molar-refractivity contribution >= 4 is 23.9 Å². The van der Waals surface area contributed by atoms with Crippen LogP contribution >= 0.6 is 0 Å². The van der Waals surface area contributed by atoms with Crippen molar-refractivity contribution in [3.8, 4) is 11.8 Å². The molecule has 0 bridgehead atoms. The molecule has 1 unspecified atom stereocenters. The second-order valence-electron chi connectivity index (χ2n) is 7.84. The van der Waals surface area contributed by atoms with Gasteiger partial charge in [-0.15, -0.1) is 0 Å². The first-order valence-electron chi connectivity index (χ1n) is 10.3. The number of carbonyl (C=O) groups is 4. The van der Waals surface area contributed by atoms with E-state index in [2.05, 4.69) is 10.6 Å². The standard InChI is InChI=1S/C22H30N4O7/c1-5-32-18(29)10-12-24-20(30)19(15-8-6-7-9-16(15)27)26(13-11-23)17(28)14-25-21(31)33-22(2,3)4/h6-9,19,27H,5,10,12-14H2,1-4H3,(H,24,30)(H,25,31). The van der Waals surface area contributed by atoms with Crippen LogP contribution in [0.5, 0.6) is 5.75 Å². The van der Waals surface area contributed by atoms with Gasteiger partial charge in [-0.05, 0) is 33.8 Å². The highest BCUT2D eigenvalue weighted by molar-refractivity contribution is 5.91. The van der Waals surface area contributed by atoms with Gasteiger partial charge in [-0.25, -0.2) is 4.79 Å². The van der Waals surface area contributed by atoms with Crippen molar-refractivity contribution in [2.75, 3.05) is 26.2 Å². The molecule has 0 saturated carbocycles. The van der Waals surface area contributed by atoms with Crippen LogP contribution in [0.4, 0.5) is 4.79 Å². The van der Waals surface area contributed by atoms with Gasteiger partial charge >= 0.3 is 12.1 Å². The van der Waals surface area contributed by atoms with Gasteiger partial charge in [0.25, 0.3) is 0 Å². The molecule has 0 heterocycles. The van der Waals surface area contributed by atoms with Crippen LogP contribution in [0.15, 0.2) is 24.3 Å². The largest absolute Gasteiger partial charge is 0.508 e. The zero-order chi connectivity index (χ0) is 25.0. The van der Waals surface area contributed by atoms with E-state index in [4.69, 9.17) is 9.47 Å². The molecule has 0 aliphatic rings. The quantitative estimate of drug-likeness (QED) is 0.347. The fourth-order valence-corrected chi connectivity index (χ4v) is 2.75. The van der Waals surface area contributed by atoms with E-state index < -0.39 is 48.6 Å². The van der Waals surface area contributed by atoms with Crippen molar-refractivity contribution in [3.63, 3.8) is 0 Å². The molecule has 3 N–H and O–H groups in total. The number of nitriles is 1. The number of phenols is 1. The average molecular weight is 463 g/mol. The molecule has 0 fully saturated rings.